The highest BCUT2D eigenvalue weighted by Gasteiger charge is 2.42. The van der Waals surface area contributed by atoms with Crippen molar-refractivity contribution in [3.63, 3.8) is 0 Å². The molecule has 14 nitrogen and oxygen atoms in total. The van der Waals surface area contributed by atoms with Crippen molar-refractivity contribution in [2.75, 3.05) is 27.3 Å². The van der Waals surface area contributed by atoms with Crippen molar-refractivity contribution in [1.29, 1.82) is 0 Å². The summed E-state index contributed by atoms with van der Waals surface area (Å²) in [5, 5.41) is 5.49. The van der Waals surface area contributed by atoms with Crippen molar-refractivity contribution in [2.24, 2.45) is 23.7 Å². The fourth-order valence-electron chi connectivity index (χ4n) is 11.2. The van der Waals surface area contributed by atoms with Crippen LogP contribution in [0.2, 0.25) is 0 Å². The molecule has 4 heterocycles. The Kier molecular flexibility index (Phi) is 14.9. The number of amides is 4. The van der Waals surface area contributed by atoms with Crippen LogP contribution in [0.4, 0.5) is 9.59 Å². The highest BCUT2D eigenvalue weighted by molar-refractivity contribution is 5.87. The fraction of sp³-hybridized carbons (Fsp3) is 0.424. The van der Waals surface area contributed by atoms with Crippen LogP contribution in [0, 0.1) is 23.7 Å². The van der Waals surface area contributed by atoms with Crippen molar-refractivity contribution in [1.82, 2.24) is 40.4 Å². The van der Waals surface area contributed by atoms with E-state index in [1.807, 2.05) is 49.9 Å². The first kappa shape index (κ1) is 50.7. The number of methoxy groups -OCH3 is 2. The zero-order valence-corrected chi connectivity index (χ0v) is 43.6. The van der Waals surface area contributed by atoms with Crippen LogP contribution < -0.4 is 10.6 Å². The lowest BCUT2D eigenvalue weighted by Gasteiger charge is -2.30. The normalized spacial score (nSPS) is 20.5. The minimum Gasteiger partial charge on any atom is -0.453 e. The first-order chi connectivity index (χ1) is 35.1. The Morgan fingerprint density at radius 3 is 1.51 bits per heavy atom. The molecule has 6 aliphatic rings. The molecule has 0 spiro atoms. The topological polar surface area (TPSA) is 175 Å². The minimum atomic E-state index is -0.699. The molecule has 2 aliphatic heterocycles. The molecule has 4 bridgehead atoms. The van der Waals surface area contributed by atoms with Gasteiger partial charge in [-0.25, -0.2) is 19.6 Å². The lowest BCUT2D eigenvalue weighted by molar-refractivity contribution is -0.136. The highest BCUT2D eigenvalue weighted by atomic mass is 16.5. The maximum atomic E-state index is 13.9. The van der Waals surface area contributed by atoms with Crippen LogP contribution in [0.3, 0.4) is 0 Å². The first-order valence-electron chi connectivity index (χ1n) is 25.9. The molecule has 382 valence electrons. The molecule has 14 heteroatoms. The van der Waals surface area contributed by atoms with Gasteiger partial charge >= 0.3 is 12.2 Å². The van der Waals surface area contributed by atoms with Gasteiger partial charge in [-0.3, -0.25) is 9.59 Å². The van der Waals surface area contributed by atoms with Gasteiger partial charge in [-0.05, 0) is 117 Å². The lowest BCUT2D eigenvalue weighted by atomic mass is 9.84. The predicted molar refractivity (Wildman–Crippen MR) is 283 cm³/mol. The number of hydrogen-bond donors (Lipinski definition) is 4. The molecule has 2 aromatic heterocycles. The Morgan fingerprint density at radius 1 is 0.589 bits per heavy atom. The fourth-order valence-corrected chi connectivity index (χ4v) is 11.2. The predicted octanol–water partition coefficient (Wildman–Crippen LogP) is 10.8. The van der Waals surface area contributed by atoms with Crippen molar-refractivity contribution in [2.45, 2.75) is 111 Å². The van der Waals surface area contributed by atoms with Crippen LogP contribution in [0.15, 0.2) is 97.3 Å². The van der Waals surface area contributed by atoms with E-state index in [0.717, 1.165) is 66.3 Å². The van der Waals surface area contributed by atoms with Gasteiger partial charge < -0.3 is 39.9 Å². The molecule has 0 radical (unpaired) electrons. The number of carbonyl (C=O) groups is 4. The minimum absolute atomic E-state index is 0.114. The summed E-state index contributed by atoms with van der Waals surface area (Å²) < 4.78 is 9.66. The maximum absolute atomic E-state index is 13.9. The lowest BCUT2D eigenvalue weighted by Crippen LogP contribution is -2.51. The van der Waals surface area contributed by atoms with Gasteiger partial charge in [-0.1, -0.05) is 133 Å². The van der Waals surface area contributed by atoms with E-state index in [-0.39, 0.29) is 53.5 Å². The molecule has 4 aliphatic carbocycles. The van der Waals surface area contributed by atoms with Gasteiger partial charge in [0.2, 0.25) is 11.8 Å². The summed E-state index contributed by atoms with van der Waals surface area (Å²) in [4.78, 5) is 72.4. The number of carbonyl (C=O) groups excluding carboxylic acids is 4. The molecule has 7 atom stereocenters. The molecule has 6 aromatic rings. The third-order valence-electron chi connectivity index (χ3n) is 15.3. The highest BCUT2D eigenvalue weighted by Crippen LogP contribution is 2.40. The van der Waals surface area contributed by atoms with E-state index >= 15 is 0 Å². The number of nitrogens with zero attached hydrogens (tertiary/aromatic N) is 4. The second-order valence-electron chi connectivity index (χ2n) is 21.4. The Morgan fingerprint density at radius 2 is 1.04 bits per heavy atom. The molecule has 2 fully saturated rings. The van der Waals surface area contributed by atoms with E-state index < -0.39 is 24.3 Å². The van der Waals surface area contributed by atoms with E-state index in [1.54, 1.807) is 0 Å². The third kappa shape index (κ3) is 10.8. The Hall–Kier alpha value is -7.22. The monoisotopic (exact) mass is 987 g/mol. The van der Waals surface area contributed by atoms with Crippen LogP contribution in [0.5, 0.6) is 0 Å². The first-order valence-corrected chi connectivity index (χ1v) is 25.9. The summed E-state index contributed by atoms with van der Waals surface area (Å²) in [5.41, 5.74) is 13.8. The Bertz CT molecular complexity index is 2960. The van der Waals surface area contributed by atoms with Crippen LogP contribution in [0.1, 0.15) is 113 Å². The molecular formula is C59H70N8O6. The van der Waals surface area contributed by atoms with E-state index in [2.05, 4.69) is 126 Å². The van der Waals surface area contributed by atoms with Gasteiger partial charge in [0.15, 0.2) is 0 Å². The number of benzene rings is 4. The number of hydrogen-bond acceptors (Lipinski definition) is 8. The SMILES string of the molecule is COC(=O)NC(C(=O)N1CC(C)CC1c1ncc(-c2ccc(-c3cc4ccc3CCc3ccc(c(-c5ccc(-c6cnc(C7CC(C)CN7C(=O)C(NC(=O)OC)C(C)C)[nH]6)cc5)c3)CC4C)cc2)[nH]1)C(C)C. The zero-order chi connectivity index (χ0) is 51.7. The van der Waals surface area contributed by atoms with Crippen molar-refractivity contribution in [3.8, 4) is 44.8 Å². The van der Waals surface area contributed by atoms with Crippen LogP contribution in [-0.2, 0) is 38.3 Å². The van der Waals surface area contributed by atoms with Crippen LogP contribution >= 0.6 is 0 Å². The molecule has 4 N–H and O–H groups in total. The largest absolute Gasteiger partial charge is 0.453 e. The molecule has 2 saturated heterocycles. The van der Waals surface area contributed by atoms with Gasteiger partial charge in [0.05, 0.1) is 50.1 Å². The Balaban J connectivity index is 0.896. The number of aromatic nitrogens is 4. The summed E-state index contributed by atoms with van der Waals surface area (Å²) in [6.07, 6.45) is 6.69. The van der Waals surface area contributed by atoms with Crippen molar-refractivity contribution < 1.29 is 28.7 Å². The summed E-state index contributed by atoms with van der Waals surface area (Å²) in [6.45, 7) is 15.5. The van der Waals surface area contributed by atoms with E-state index in [4.69, 9.17) is 19.4 Å². The Labute approximate surface area is 429 Å². The second-order valence-corrected chi connectivity index (χ2v) is 21.4. The number of ether oxygens (including phenoxy) is 2. The zero-order valence-electron chi connectivity index (χ0n) is 43.6. The van der Waals surface area contributed by atoms with E-state index in [1.165, 1.54) is 58.7 Å². The van der Waals surface area contributed by atoms with E-state index in [9.17, 15) is 19.2 Å². The molecule has 4 amide bonds. The molecule has 7 unspecified atom stereocenters. The molecule has 73 heavy (non-hydrogen) atoms. The quantitative estimate of drug-likeness (QED) is 0.0937. The number of imidazole rings is 2. The van der Waals surface area contributed by atoms with Gasteiger partial charge in [0.25, 0.3) is 0 Å². The van der Waals surface area contributed by atoms with Crippen LogP contribution in [-0.4, -0.2) is 93.1 Å². The summed E-state index contributed by atoms with van der Waals surface area (Å²) >= 11 is 0. The van der Waals surface area contributed by atoms with Crippen molar-refractivity contribution >= 4 is 24.0 Å². The molecule has 0 saturated carbocycles. The maximum Gasteiger partial charge on any atom is 0.407 e. The molecule has 4 aromatic carbocycles. The molecule has 12 rings (SSSR count). The summed E-state index contributed by atoms with van der Waals surface area (Å²) in [6, 6.07) is 29.5. The standard InChI is InChI=1S/C59H70N8O6/c1-33(2)52(64-58(70)72-8)56(68)66-31-35(5)24-50(66)54-60-29-48(62-54)42-19-14-40(15-20-42)46-27-38-10-12-39-18-23-44(37(7)26-45(46)13-11-38)28-47(39)41-16-21-43(22-17-41)49-30-61-55(63-49)51-25-36(6)32-67(51)57(69)53(34(3)4)65-59(71)73-9/h11,13-23,27-30,33-37,50-53H,10,12,24-26,31-32H2,1-9H3,(H,60,62)(H,61,63)(H,64,70)(H,65,71). The summed E-state index contributed by atoms with van der Waals surface area (Å²) in [5.74, 6) is 1.81. The number of aromatic amines is 2. The number of H-pyrrole nitrogens is 2. The molecular weight excluding hydrogens is 917 g/mol. The summed E-state index contributed by atoms with van der Waals surface area (Å²) in [7, 11) is 2.61. The van der Waals surface area contributed by atoms with Gasteiger partial charge in [-0.2, -0.15) is 0 Å². The smallest absolute Gasteiger partial charge is 0.407 e. The van der Waals surface area contributed by atoms with Gasteiger partial charge in [0.1, 0.15) is 23.7 Å². The number of aryl methyl sites for hydroxylation is 2. The van der Waals surface area contributed by atoms with Gasteiger partial charge in [0, 0.05) is 13.1 Å². The number of rotatable bonds is 12. The van der Waals surface area contributed by atoms with E-state index in [0.29, 0.717) is 13.1 Å². The van der Waals surface area contributed by atoms with Gasteiger partial charge in [-0.15, -0.1) is 0 Å². The van der Waals surface area contributed by atoms with Crippen molar-refractivity contribution in [3.05, 3.63) is 131 Å². The number of alkyl carbamates (subject to hydrolysis) is 2. The third-order valence-corrected chi connectivity index (χ3v) is 15.3. The number of likely N-dealkylation sites (tertiary alicyclic amines) is 2. The van der Waals surface area contributed by atoms with Crippen LogP contribution in [0.25, 0.3) is 44.8 Å². The number of nitrogens with one attached hydrogen (secondary N) is 4. The average Bonchev–Trinajstić information content (AvgIpc) is 4.23. The average molecular weight is 987 g/mol. The second kappa shape index (κ2) is 21.5.